The first-order valence-corrected chi connectivity index (χ1v) is 5.61. The molecule has 2 heteroatoms. The van der Waals surface area contributed by atoms with Crippen LogP contribution in [0.5, 0.6) is 0 Å². The second kappa shape index (κ2) is 3.95. The molecular formula is C13H19NO. The molecule has 0 amide bonds. The van der Waals surface area contributed by atoms with Crippen LogP contribution in [-0.4, -0.2) is 11.2 Å². The van der Waals surface area contributed by atoms with E-state index in [0.29, 0.717) is 5.92 Å². The van der Waals surface area contributed by atoms with Crippen LogP contribution in [0.25, 0.3) is 0 Å². The van der Waals surface area contributed by atoms with Crippen LogP contribution in [0.15, 0.2) is 18.2 Å². The molecule has 1 aliphatic carbocycles. The summed E-state index contributed by atoms with van der Waals surface area (Å²) in [6.07, 6.45) is 1.88. The summed E-state index contributed by atoms with van der Waals surface area (Å²) in [7, 11) is 0. The molecule has 0 spiro atoms. The summed E-state index contributed by atoms with van der Waals surface area (Å²) in [4.78, 5) is 0. The Hall–Kier alpha value is -0.860. The van der Waals surface area contributed by atoms with Gasteiger partial charge in [-0.1, -0.05) is 18.2 Å². The lowest BCUT2D eigenvalue weighted by Gasteiger charge is -2.22. The molecule has 1 aromatic carbocycles. The van der Waals surface area contributed by atoms with E-state index in [9.17, 15) is 5.11 Å². The van der Waals surface area contributed by atoms with E-state index < -0.39 is 0 Å². The van der Waals surface area contributed by atoms with Crippen LogP contribution in [0, 0.1) is 19.8 Å². The number of hydrogen-bond acceptors (Lipinski definition) is 2. The molecule has 82 valence electrons. The molecule has 1 fully saturated rings. The molecular weight excluding hydrogens is 186 g/mol. The molecule has 0 aliphatic heterocycles. The Kier molecular flexibility index (Phi) is 2.81. The van der Waals surface area contributed by atoms with Gasteiger partial charge < -0.3 is 10.8 Å². The minimum Gasteiger partial charge on any atom is -0.391 e. The normalized spacial score (nSPS) is 20.0. The highest BCUT2D eigenvalue weighted by Crippen LogP contribution is 2.38. The molecule has 0 heterocycles. The van der Waals surface area contributed by atoms with Crippen molar-refractivity contribution in [1.29, 1.82) is 0 Å². The summed E-state index contributed by atoms with van der Waals surface area (Å²) >= 11 is 0. The van der Waals surface area contributed by atoms with Crippen molar-refractivity contribution in [2.45, 2.75) is 38.8 Å². The number of rotatable bonds is 3. The van der Waals surface area contributed by atoms with Gasteiger partial charge in [0.15, 0.2) is 0 Å². The molecule has 0 radical (unpaired) electrons. The van der Waals surface area contributed by atoms with Gasteiger partial charge in [0, 0.05) is 0 Å². The monoisotopic (exact) mass is 205 g/mol. The summed E-state index contributed by atoms with van der Waals surface area (Å²) in [6, 6.07) is 5.92. The Morgan fingerprint density at radius 3 is 2.27 bits per heavy atom. The first-order chi connectivity index (χ1) is 7.11. The Balaban J connectivity index is 2.27. The van der Waals surface area contributed by atoms with Gasteiger partial charge in [0.25, 0.3) is 0 Å². The van der Waals surface area contributed by atoms with Gasteiger partial charge in [-0.05, 0) is 49.3 Å². The number of hydrogen-bond donors (Lipinski definition) is 2. The first-order valence-electron chi connectivity index (χ1n) is 5.61. The Morgan fingerprint density at radius 1 is 1.27 bits per heavy atom. The SMILES string of the molecule is Cc1cccc(C)c1[C@H](N)[C@H](O)C1CC1. The molecule has 2 rings (SSSR count). The Morgan fingerprint density at radius 2 is 1.80 bits per heavy atom. The van der Waals surface area contributed by atoms with E-state index in [2.05, 4.69) is 26.0 Å². The maximum atomic E-state index is 10.0. The predicted octanol–water partition coefficient (Wildman–Crippen LogP) is 2.07. The Bertz CT molecular complexity index is 337. The standard InChI is InChI=1S/C13H19NO/c1-8-4-3-5-9(2)11(8)12(14)13(15)10-6-7-10/h3-5,10,12-13,15H,6-7,14H2,1-2H3/t12-,13+/m0/s1. The van der Waals surface area contributed by atoms with Crippen molar-refractivity contribution in [3.8, 4) is 0 Å². The van der Waals surface area contributed by atoms with Crippen molar-refractivity contribution in [2.24, 2.45) is 11.7 Å². The van der Waals surface area contributed by atoms with Gasteiger partial charge in [0.2, 0.25) is 0 Å². The molecule has 3 N–H and O–H groups in total. The molecule has 0 unspecified atom stereocenters. The second-order valence-electron chi connectivity index (χ2n) is 4.66. The summed E-state index contributed by atoms with van der Waals surface area (Å²) in [5, 5.41) is 10.0. The third-order valence-electron chi connectivity index (χ3n) is 3.35. The van der Waals surface area contributed by atoms with E-state index in [1.807, 2.05) is 6.07 Å². The lowest BCUT2D eigenvalue weighted by atomic mass is 9.91. The van der Waals surface area contributed by atoms with Gasteiger partial charge in [0.1, 0.15) is 0 Å². The van der Waals surface area contributed by atoms with Crippen molar-refractivity contribution in [1.82, 2.24) is 0 Å². The van der Waals surface area contributed by atoms with Crippen LogP contribution < -0.4 is 5.73 Å². The fourth-order valence-corrected chi connectivity index (χ4v) is 2.25. The predicted molar refractivity (Wildman–Crippen MR) is 61.6 cm³/mol. The van der Waals surface area contributed by atoms with Gasteiger partial charge in [-0.3, -0.25) is 0 Å². The number of aliphatic hydroxyl groups is 1. The summed E-state index contributed by atoms with van der Waals surface area (Å²) in [5.74, 6) is 0.430. The zero-order valence-corrected chi connectivity index (χ0v) is 9.40. The maximum absolute atomic E-state index is 10.0. The first kappa shape index (κ1) is 10.7. The average Bonchev–Trinajstić information content (AvgIpc) is 2.99. The second-order valence-corrected chi connectivity index (χ2v) is 4.66. The minimum atomic E-state index is -0.371. The van der Waals surface area contributed by atoms with Gasteiger partial charge in [0.05, 0.1) is 12.1 Å². The van der Waals surface area contributed by atoms with Crippen molar-refractivity contribution in [3.63, 3.8) is 0 Å². The third kappa shape index (κ3) is 2.06. The average molecular weight is 205 g/mol. The van der Waals surface area contributed by atoms with E-state index in [4.69, 9.17) is 5.73 Å². The molecule has 0 bridgehead atoms. The quantitative estimate of drug-likeness (QED) is 0.793. The van der Waals surface area contributed by atoms with E-state index in [1.54, 1.807) is 0 Å². The lowest BCUT2D eigenvalue weighted by Crippen LogP contribution is -2.29. The number of aryl methyl sites for hydroxylation is 2. The highest BCUT2D eigenvalue weighted by Gasteiger charge is 2.35. The van der Waals surface area contributed by atoms with Crippen LogP contribution in [0.1, 0.15) is 35.6 Å². The van der Waals surface area contributed by atoms with Gasteiger partial charge in [-0.2, -0.15) is 0 Å². The van der Waals surface area contributed by atoms with Crippen LogP contribution in [0.2, 0.25) is 0 Å². The zero-order chi connectivity index (χ0) is 11.0. The largest absolute Gasteiger partial charge is 0.391 e. The van der Waals surface area contributed by atoms with E-state index in [-0.39, 0.29) is 12.1 Å². The van der Waals surface area contributed by atoms with Crippen molar-refractivity contribution < 1.29 is 5.11 Å². The molecule has 2 nitrogen and oxygen atoms in total. The molecule has 0 aromatic heterocycles. The fraction of sp³-hybridized carbons (Fsp3) is 0.538. The molecule has 2 atom stereocenters. The van der Waals surface area contributed by atoms with E-state index in [0.717, 1.165) is 18.4 Å². The van der Waals surface area contributed by atoms with Gasteiger partial charge >= 0.3 is 0 Å². The number of aliphatic hydroxyl groups excluding tert-OH is 1. The van der Waals surface area contributed by atoms with Crippen molar-refractivity contribution in [2.75, 3.05) is 0 Å². The van der Waals surface area contributed by atoms with E-state index >= 15 is 0 Å². The van der Waals surface area contributed by atoms with Crippen LogP contribution in [-0.2, 0) is 0 Å². The van der Waals surface area contributed by atoms with Crippen LogP contribution >= 0.6 is 0 Å². The molecule has 1 aromatic rings. The summed E-state index contributed by atoms with van der Waals surface area (Å²) < 4.78 is 0. The molecule has 1 aliphatic rings. The topological polar surface area (TPSA) is 46.2 Å². The van der Waals surface area contributed by atoms with Crippen molar-refractivity contribution in [3.05, 3.63) is 34.9 Å². The Labute approximate surface area is 91.1 Å². The number of benzene rings is 1. The molecule has 0 saturated heterocycles. The maximum Gasteiger partial charge on any atom is 0.0761 e. The number of nitrogens with two attached hydrogens (primary N) is 1. The molecule has 1 saturated carbocycles. The van der Waals surface area contributed by atoms with Crippen LogP contribution in [0.3, 0.4) is 0 Å². The summed E-state index contributed by atoms with van der Waals surface area (Å²) in [5.41, 5.74) is 9.62. The smallest absolute Gasteiger partial charge is 0.0761 e. The fourth-order valence-electron chi connectivity index (χ4n) is 2.25. The third-order valence-corrected chi connectivity index (χ3v) is 3.35. The minimum absolute atomic E-state index is 0.223. The highest BCUT2D eigenvalue weighted by molar-refractivity contribution is 5.36. The van der Waals surface area contributed by atoms with Gasteiger partial charge in [-0.15, -0.1) is 0 Å². The van der Waals surface area contributed by atoms with Gasteiger partial charge in [-0.25, -0.2) is 0 Å². The lowest BCUT2D eigenvalue weighted by molar-refractivity contribution is 0.122. The van der Waals surface area contributed by atoms with Crippen molar-refractivity contribution >= 4 is 0 Å². The summed E-state index contributed by atoms with van der Waals surface area (Å²) in [6.45, 7) is 4.11. The highest BCUT2D eigenvalue weighted by atomic mass is 16.3. The van der Waals surface area contributed by atoms with Crippen LogP contribution in [0.4, 0.5) is 0 Å². The molecule has 15 heavy (non-hydrogen) atoms. The van der Waals surface area contributed by atoms with E-state index in [1.165, 1.54) is 11.1 Å². The zero-order valence-electron chi connectivity index (χ0n) is 9.40.